The molecule has 2 fully saturated rings. The fourth-order valence-electron chi connectivity index (χ4n) is 3.69. The van der Waals surface area contributed by atoms with E-state index >= 15 is 0 Å². The van der Waals surface area contributed by atoms with Gasteiger partial charge in [-0.1, -0.05) is 50.3 Å². The molecule has 2 aliphatic heterocycles. The summed E-state index contributed by atoms with van der Waals surface area (Å²) in [6, 6.07) is 9.35. The van der Waals surface area contributed by atoms with E-state index in [4.69, 9.17) is 4.74 Å². The smallest absolute Gasteiger partial charge is 0.322 e. The number of amides is 3. The quantitative estimate of drug-likeness (QED) is 0.781. The maximum absolute atomic E-state index is 12.7. The second-order valence-corrected chi connectivity index (χ2v) is 7.35. The standard InChI is InChI=1S/C19H20N2O3/c1-18(2)9-8-14-13(10-18)19(16(22)20-17(23)21-19)11-15(24-14)12-6-4-3-5-7-12/h3-8,10,15H,9,11H2,1-2H3,(H2,20,21,22,23). The summed E-state index contributed by atoms with van der Waals surface area (Å²) in [6.45, 7) is 4.22. The molecule has 24 heavy (non-hydrogen) atoms. The lowest BCUT2D eigenvalue weighted by atomic mass is 9.72. The molecule has 1 aromatic carbocycles. The highest BCUT2D eigenvalue weighted by Crippen LogP contribution is 2.48. The molecule has 2 atom stereocenters. The van der Waals surface area contributed by atoms with E-state index in [0.29, 0.717) is 12.2 Å². The molecule has 124 valence electrons. The number of nitrogens with one attached hydrogen (secondary N) is 2. The summed E-state index contributed by atoms with van der Waals surface area (Å²) < 4.78 is 6.20. The van der Waals surface area contributed by atoms with E-state index < -0.39 is 11.6 Å². The van der Waals surface area contributed by atoms with Crippen molar-refractivity contribution in [2.45, 2.75) is 38.3 Å². The molecule has 3 amide bonds. The number of imide groups is 1. The predicted octanol–water partition coefficient (Wildman–Crippen LogP) is 2.97. The number of benzene rings is 1. The van der Waals surface area contributed by atoms with E-state index in [0.717, 1.165) is 17.6 Å². The zero-order valence-electron chi connectivity index (χ0n) is 13.8. The Morgan fingerprint density at radius 1 is 1.17 bits per heavy atom. The number of allylic oxidation sites excluding steroid dienone is 2. The molecular weight excluding hydrogens is 304 g/mol. The van der Waals surface area contributed by atoms with E-state index in [-0.39, 0.29) is 17.4 Å². The normalized spacial score (nSPS) is 30.7. The SMILES string of the molecule is CC1(C)C=C2C(=CC1)OC(c1ccccc1)CC21NC(=O)NC1=O. The van der Waals surface area contributed by atoms with Gasteiger partial charge in [-0.3, -0.25) is 10.1 Å². The highest BCUT2D eigenvalue weighted by atomic mass is 16.5. The van der Waals surface area contributed by atoms with Crippen LogP contribution in [0.1, 0.15) is 38.4 Å². The molecule has 0 bridgehead atoms. The van der Waals surface area contributed by atoms with Crippen molar-refractivity contribution in [1.82, 2.24) is 10.6 Å². The minimum absolute atomic E-state index is 0.0810. The monoisotopic (exact) mass is 324 g/mol. The Balaban J connectivity index is 1.82. The minimum atomic E-state index is -1.06. The first-order chi connectivity index (χ1) is 11.4. The summed E-state index contributed by atoms with van der Waals surface area (Å²) in [6.07, 6.45) is 5.03. The average molecular weight is 324 g/mol. The Morgan fingerprint density at radius 2 is 1.92 bits per heavy atom. The molecule has 1 aromatic rings. The number of carbonyl (C=O) groups excluding carboxylic acids is 2. The lowest BCUT2D eigenvalue weighted by molar-refractivity contribution is -0.125. The summed E-state index contributed by atoms with van der Waals surface area (Å²) in [5, 5.41) is 5.26. The zero-order chi connectivity index (χ0) is 16.9. The Kier molecular flexibility index (Phi) is 3.10. The van der Waals surface area contributed by atoms with E-state index in [1.807, 2.05) is 36.4 Å². The van der Waals surface area contributed by atoms with Gasteiger partial charge in [0.2, 0.25) is 0 Å². The highest BCUT2D eigenvalue weighted by Gasteiger charge is 2.55. The van der Waals surface area contributed by atoms with Crippen LogP contribution in [0.15, 0.2) is 53.8 Å². The first-order valence-corrected chi connectivity index (χ1v) is 8.19. The molecule has 2 heterocycles. The summed E-state index contributed by atoms with van der Waals surface area (Å²) >= 11 is 0. The molecule has 0 saturated carbocycles. The maximum Gasteiger partial charge on any atom is 0.322 e. The highest BCUT2D eigenvalue weighted by molar-refractivity contribution is 6.09. The molecule has 5 nitrogen and oxygen atoms in total. The van der Waals surface area contributed by atoms with Gasteiger partial charge in [0.1, 0.15) is 11.9 Å². The number of carbonyl (C=O) groups is 2. The zero-order valence-corrected chi connectivity index (χ0v) is 13.8. The van der Waals surface area contributed by atoms with Crippen LogP contribution in [-0.2, 0) is 9.53 Å². The van der Waals surface area contributed by atoms with Gasteiger partial charge in [-0.05, 0) is 23.5 Å². The van der Waals surface area contributed by atoms with Crippen LogP contribution in [0.5, 0.6) is 0 Å². The Hall–Kier alpha value is -2.56. The van der Waals surface area contributed by atoms with Crippen molar-refractivity contribution < 1.29 is 14.3 Å². The maximum atomic E-state index is 12.7. The number of hydrogen-bond acceptors (Lipinski definition) is 3. The number of hydrogen-bond donors (Lipinski definition) is 2. The Morgan fingerprint density at radius 3 is 2.58 bits per heavy atom. The topological polar surface area (TPSA) is 67.4 Å². The molecule has 2 N–H and O–H groups in total. The predicted molar refractivity (Wildman–Crippen MR) is 88.9 cm³/mol. The van der Waals surface area contributed by atoms with Crippen LogP contribution in [0, 0.1) is 5.41 Å². The number of ether oxygens (including phenoxy) is 1. The van der Waals surface area contributed by atoms with Gasteiger partial charge in [0.25, 0.3) is 5.91 Å². The van der Waals surface area contributed by atoms with Gasteiger partial charge < -0.3 is 10.1 Å². The van der Waals surface area contributed by atoms with Gasteiger partial charge in [0.15, 0.2) is 5.54 Å². The fourth-order valence-corrected chi connectivity index (χ4v) is 3.69. The van der Waals surface area contributed by atoms with Crippen LogP contribution < -0.4 is 10.6 Å². The summed E-state index contributed by atoms with van der Waals surface area (Å²) in [5.41, 5.74) is 0.631. The fraction of sp³-hybridized carbons (Fsp3) is 0.368. The van der Waals surface area contributed by atoms with Crippen molar-refractivity contribution in [1.29, 1.82) is 0 Å². The lowest BCUT2D eigenvalue weighted by Gasteiger charge is -2.43. The van der Waals surface area contributed by atoms with Crippen LogP contribution in [0.4, 0.5) is 4.79 Å². The van der Waals surface area contributed by atoms with Gasteiger partial charge in [-0.2, -0.15) is 0 Å². The van der Waals surface area contributed by atoms with Crippen molar-refractivity contribution in [3.63, 3.8) is 0 Å². The van der Waals surface area contributed by atoms with Gasteiger partial charge in [-0.25, -0.2) is 4.79 Å². The second kappa shape index (κ2) is 4.97. The van der Waals surface area contributed by atoms with Crippen LogP contribution in [0.2, 0.25) is 0 Å². The minimum Gasteiger partial charge on any atom is -0.486 e. The van der Waals surface area contributed by atoms with E-state index in [1.54, 1.807) is 0 Å². The summed E-state index contributed by atoms with van der Waals surface area (Å²) in [5.74, 6) is 0.401. The van der Waals surface area contributed by atoms with Gasteiger partial charge in [0.05, 0.1) is 0 Å². The van der Waals surface area contributed by atoms with Crippen molar-refractivity contribution in [3.05, 3.63) is 59.4 Å². The van der Waals surface area contributed by atoms with Crippen LogP contribution in [0.3, 0.4) is 0 Å². The van der Waals surface area contributed by atoms with Crippen molar-refractivity contribution >= 4 is 11.9 Å². The molecule has 3 aliphatic rings. The Bertz CT molecular complexity index is 779. The van der Waals surface area contributed by atoms with E-state index in [9.17, 15) is 9.59 Å². The third-order valence-electron chi connectivity index (χ3n) is 4.95. The Labute approximate surface area is 140 Å². The number of rotatable bonds is 1. The molecule has 1 aliphatic carbocycles. The van der Waals surface area contributed by atoms with Gasteiger partial charge >= 0.3 is 6.03 Å². The first-order valence-electron chi connectivity index (χ1n) is 8.19. The number of urea groups is 1. The molecule has 2 saturated heterocycles. The second-order valence-electron chi connectivity index (χ2n) is 7.35. The van der Waals surface area contributed by atoms with Crippen LogP contribution >= 0.6 is 0 Å². The van der Waals surface area contributed by atoms with Crippen LogP contribution in [0.25, 0.3) is 0 Å². The third kappa shape index (κ3) is 2.23. The van der Waals surface area contributed by atoms with Crippen LogP contribution in [-0.4, -0.2) is 17.5 Å². The molecule has 0 radical (unpaired) electrons. The summed E-state index contributed by atoms with van der Waals surface area (Å²) in [7, 11) is 0. The lowest BCUT2D eigenvalue weighted by Crippen LogP contribution is -2.53. The molecule has 5 heteroatoms. The summed E-state index contributed by atoms with van der Waals surface area (Å²) in [4.78, 5) is 24.6. The third-order valence-corrected chi connectivity index (χ3v) is 4.95. The van der Waals surface area contributed by atoms with E-state index in [1.165, 1.54) is 0 Å². The largest absolute Gasteiger partial charge is 0.486 e. The number of fused-ring (bicyclic) bond motifs is 2. The first kappa shape index (κ1) is 15.0. The molecule has 4 rings (SSSR count). The molecule has 1 spiro atoms. The molecular formula is C19H20N2O3. The van der Waals surface area contributed by atoms with Crippen molar-refractivity contribution in [2.75, 3.05) is 0 Å². The van der Waals surface area contributed by atoms with Gasteiger partial charge in [0, 0.05) is 12.0 Å². The average Bonchev–Trinajstić information content (AvgIpc) is 2.82. The van der Waals surface area contributed by atoms with Crippen molar-refractivity contribution in [3.8, 4) is 0 Å². The molecule has 0 aromatic heterocycles. The molecule has 2 unspecified atom stereocenters. The van der Waals surface area contributed by atoms with E-state index in [2.05, 4.69) is 30.6 Å². The van der Waals surface area contributed by atoms with Crippen molar-refractivity contribution in [2.24, 2.45) is 5.41 Å². The van der Waals surface area contributed by atoms with Gasteiger partial charge in [-0.15, -0.1) is 0 Å².